The molecule has 0 aliphatic heterocycles. The van der Waals surface area contributed by atoms with Gasteiger partial charge < -0.3 is 5.73 Å². The Morgan fingerprint density at radius 2 is 1.74 bits per heavy atom. The third kappa shape index (κ3) is 4.84. The molecule has 0 saturated heterocycles. The average molecular weight is 367 g/mol. The highest BCUT2D eigenvalue weighted by Gasteiger charge is 2.25. The number of urea groups is 1. The lowest BCUT2D eigenvalue weighted by Gasteiger charge is -2.28. The fourth-order valence-corrected chi connectivity index (χ4v) is 3.99. The summed E-state index contributed by atoms with van der Waals surface area (Å²) in [5, 5.41) is 10.9. The number of rotatable bonds is 7. The summed E-state index contributed by atoms with van der Waals surface area (Å²) in [4.78, 5) is 24.1. The summed E-state index contributed by atoms with van der Waals surface area (Å²) in [6, 6.07) is 15.6. The highest BCUT2D eigenvalue weighted by molar-refractivity contribution is 5.90. The smallest absolute Gasteiger partial charge is 0.319 e. The van der Waals surface area contributed by atoms with E-state index in [1.807, 2.05) is 18.2 Å². The van der Waals surface area contributed by atoms with Gasteiger partial charge in [-0.3, -0.25) is 15.0 Å². The normalized spacial score (nSPS) is 15.4. The highest BCUT2D eigenvalue weighted by atomic mass is 16.6. The lowest BCUT2D eigenvalue weighted by Crippen LogP contribution is -2.39. The highest BCUT2D eigenvalue weighted by Crippen LogP contribution is 2.35. The number of carbonyl (C=O) groups is 1. The first-order valence-electron chi connectivity index (χ1n) is 9.41. The van der Waals surface area contributed by atoms with E-state index >= 15 is 0 Å². The van der Waals surface area contributed by atoms with Crippen LogP contribution < -0.4 is 10.6 Å². The van der Waals surface area contributed by atoms with Gasteiger partial charge in [-0.2, -0.15) is 0 Å². The molecule has 2 amide bonds. The molecule has 2 N–H and O–H groups in total. The molecule has 2 aromatic rings. The molecule has 6 nitrogen and oxygen atoms in total. The Balaban J connectivity index is 1.83. The second kappa shape index (κ2) is 8.66. The van der Waals surface area contributed by atoms with Crippen LogP contribution in [0.25, 0.3) is 0 Å². The zero-order valence-corrected chi connectivity index (χ0v) is 15.3. The van der Waals surface area contributed by atoms with Crippen LogP contribution in [0.4, 0.5) is 16.2 Å². The number of hydrogen-bond donors (Lipinski definition) is 1. The zero-order valence-electron chi connectivity index (χ0n) is 15.3. The summed E-state index contributed by atoms with van der Waals surface area (Å²) < 4.78 is 0. The lowest BCUT2D eigenvalue weighted by atomic mass is 9.87. The fourth-order valence-electron chi connectivity index (χ4n) is 3.99. The van der Waals surface area contributed by atoms with Gasteiger partial charge in [-0.25, -0.2) is 4.79 Å². The summed E-state index contributed by atoms with van der Waals surface area (Å²) in [6.45, 7) is 0.466. The number of non-ortho nitro benzene ring substituents is 1. The SMILES string of the molecule is NC(=O)N(CC(CC1CCCC1)c1ccccc1)c1ccc([N+](=O)[O-])cc1. The molecule has 0 radical (unpaired) electrons. The number of benzene rings is 2. The van der Waals surface area contributed by atoms with Crippen LogP contribution in [0.3, 0.4) is 0 Å². The van der Waals surface area contributed by atoms with Crippen molar-refractivity contribution in [2.75, 3.05) is 11.4 Å². The van der Waals surface area contributed by atoms with Crippen LogP contribution >= 0.6 is 0 Å². The number of hydrogen-bond acceptors (Lipinski definition) is 3. The van der Waals surface area contributed by atoms with Gasteiger partial charge in [-0.05, 0) is 30.0 Å². The van der Waals surface area contributed by atoms with E-state index in [9.17, 15) is 14.9 Å². The molecule has 1 aliphatic carbocycles. The van der Waals surface area contributed by atoms with Gasteiger partial charge in [0.25, 0.3) is 5.69 Å². The Kier molecular flexibility index (Phi) is 6.06. The molecule has 1 atom stereocenters. The summed E-state index contributed by atoms with van der Waals surface area (Å²) in [6.07, 6.45) is 6.03. The van der Waals surface area contributed by atoms with Crippen molar-refractivity contribution in [1.29, 1.82) is 0 Å². The van der Waals surface area contributed by atoms with Crippen molar-refractivity contribution >= 4 is 17.4 Å². The van der Waals surface area contributed by atoms with Gasteiger partial charge in [-0.1, -0.05) is 56.0 Å². The van der Waals surface area contributed by atoms with E-state index in [1.54, 1.807) is 12.1 Å². The van der Waals surface area contributed by atoms with Gasteiger partial charge in [0, 0.05) is 30.3 Å². The Labute approximate surface area is 159 Å². The van der Waals surface area contributed by atoms with Crippen molar-refractivity contribution in [3.63, 3.8) is 0 Å². The fraction of sp³-hybridized carbons (Fsp3) is 0.381. The second-order valence-corrected chi connectivity index (χ2v) is 7.22. The van der Waals surface area contributed by atoms with Crippen LogP contribution in [0.1, 0.15) is 43.6 Å². The summed E-state index contributed by atoms with van der Waals surface area (Å²) in [7, 11) is 0. The minimum absolute atomic E-state index is 0.00580. The first kappa shape index (κ1) is 18.9. The molecule has 1 aliphatic rings. The Hall–Kier alpha value is -2.89. The third-order valence-corrected chi connectivity index (χ3v) is 5.40. The average Bonchev–Trinajstić information content (AvgIpc) is 3.19. The first-order valence-corrected chi connectivity index (χ1v) is 9.41. The second-order valence-electron chi connectivity index (χ2n) is 7.22. The van der Waals surface area contributed by atoms with Crippen molar-refractivity contribution in [2.45, 2.75) is 38.0 Å². The van der Waals surface area contributed by atoms with E-state index < -0.39 is 11.0 Å². The van der Waals surface area contributed by atoms with E-state index in [2.05, 4.69) is 12.1 Å². The maximum atomic E-state index is 12.1. The lowest BCUT2D eigenvalue weighted by molar-refractivity contribution is -0.384. The van der Waals surface area contributed by atoms with Crippen LogP contribution in [0.2, 0.25) is 0 Å². The van der Waals surface area contributed by atoms with E-state index in [1.165, 1.54) is 48.3 Å². The number of carbonyl (C=O) groups excluding carboxylic acids is 1. The number of primary amides is 1. The summed E-state index contributed by atoms with van der Waals surface area (Å²) in [5.74, 6) is 0.846. The standard InChI is InChI=1S/C21H25N3O3/c22-21(25)23(19-10-12-20(13-11-19)24(26)27)15-18(14-16-6-4-5-7-16)17-8-2-1-3-9-17/h1-3,8-13,16,18H,4-7,14-15H2,(H2,22,25). The molecule has 3 rings (SSSR count). The predicted molar refractivity (Wildman–Crippen MR) is 106 cm³/mol. The Morgan fingerprint density at radius 1 is 1.11 bits per heavy atom. The molecule has 0 spiro atoms. The maximum absolute atomic E-state index is 12.1. The number of anilines is 1. The molecule has 6 heteroatoms. The predicted octanol–water partition coefficient (Wildman–Crippen LogP) is 4.84. The van der Waals surface area contributed by atoms with Crippen molar-refractivity contribution in [2.24, 2.45) is 11.7 Å². The number of nitrogens with zero attached hydrogens (tertiary/aromatic N) is 2. The monoisotopic (exact) mass is 367 g/mol. The van der Waals surface area contributed by atoms with E-state index in [0.29, 0.717) is 18.2 Å². The van der Waals surface area contributed by atoms with Crippen LogP contribution in [0.15, 0.2) is 54.6 Å². The molecular weight excluding hydrogens is 342 g/mol. The van der Waals surface area contributed by atoms with Gasteiger partial charge in [0.2, 0.25) is 0 Å². The van der Waals surface area contributed by atoms with Crippen molar-refractivity contribution in [3.05, 3.63) is 70.3 Å². The van der Waals surface area contributed by atoms with Crippen LogP contribution in [-0.4, -0.2) is 17.5 Å². The quantitative estimate of drug-likeness (QED) is 0.560. The Bertz CT molecular complexity index is 771. The molecule has 2 aromatic carbocycles. The van der Waals surface area contributed by atoms with Crippen LogP contribution in [0.5, 0.6) is 0 Å². The van der Waals surface area contributed by atoms with Gasteiger partial charge in [0.05, 0.1) is 4.92 Å². The molecule has 0 heterocycles. The zero-order chi connectivity index (χ0) is 19.2. The number of nitrogens with two attached hydrogens (primary N) is 1. The third-order valence-electron chi connectivity index (χ3n) is 5.40. The topological polar surface area (TPSA) is 89.5 Å². The summed E-state index contributed by atoms with van der Waals surface area (Å²) >= 11 is 0. The largest absolute Gasteiger partial charge is 0.351 e. The van der Waals surface area contributed by atoms with Crippen molar-refractivity contribution < 1.29 is 9.72 Å². The van der Waals surface area contributed by atoms with Crippen molar-refractivity contribution in [1.82, 2.24) is 0 Å². The van der Waals surface area contributed by atoms with E-state index in [0.717, 1.165) is 6.42 Å². The molecule has 142 valence electrons. The maximum Gasteiger partial charge on any atom is 0.319 e. The first-order chi connectivity index (χ1) is 13.0. The van der Waals surface area contributed by atoms with Gasteiger partial charge in [0.15, 0.2) is 0 Å². The van der Waals surface area contributed by atoms with Crippen LogP contribution in [-0.2, 0) is 0 Å². The van der Waals surface area contributed by atoms with E-state index in [-0.39, 0.29) is 11.6 Å². The van der Waals surface area contributed by atoms with Gasteiger partial charge >= 0.3 is 6.03 Å². The molecule has 0 bridgehead atoms. The molecule has 1 saturated carbocycles. The van der Waals surface area contributed by atoms with Gasteiger partial charge in [0.1, 0.15) is 0 Å². The molecule has 1 fully saturated rings. The minimum Gasteiger partial charge on any atom is -0.351 e. The molecule has 0 aromatic heterocycles. The molecule has 27 heavy (non-hydrogen) atoms. The minimum atomic E-state index is -0.545. The number of nitro groups is 1. The van der Waals surface area contributed by atoms with Gasteiger partial charge in [-0.15, -0.1) is 0 Å². The van der Waals surface area contributed by atoms with E-state index in [4.69, 9.17) is 5.73 Å². The Morgan fingerprint density at radius 3 is 2.30 bits per heavy atom. The summed E-state index contributed by atoms with van der Waals surface area (Å²) in [5.41, 5.74) is 7.42. The van der Waals surface area contributed by atoms with Crippen molar-refractivity contribution in [3.8, 4) is 0 Å². The number of amides is 2. The molecule has 1 unspecified atom stereocenters. The molecular formula is C21H25N3O3. The van der Waals surface area contributed by atoms with Crippen LogP contribution in [0, 0.1) is 16.0 Å². The number of nitro benzene ring substituents is 1.